The zero-order valence-electron chi connectivity index (χ0n) is 11.0. The number of nitrogens with zero attached hydrogens (tertiary/aromatic N) is 2. The minimum absolute atomic E-state index is 0.360. The van der Waals surface area contributed by atoms with Crippen molar-refractivity contribution in [3.05, 3.63) is 46.3 Å². The number of aromatic nitrogens is 3. The summed E-state index contributed by atoms with van der Waals surface area (Å²) in [7, 11) is 0. The Morgan fingerprint density at radius 2 is 2.14 bits per heavy atom. The van der Waals surface area contributed by atoms with E-state index in [1.54, 1.807) is 18.3 Å². The maximum Gasteiger partial charge on any atom is 0.387 e. The first kappa shape index (κ1) is 12.8. The Morgan fingerprint density at radius 1 is 1.33 bits per heavy atom. The van der Waals surface area contributed by atoms with Gasteiger partial charge in [-0.1, -0.05) is 15.9 Å². The highest BCUT2D eigenvalue weighted by atomic mass is 79.9. The SMILES string of the molecule is O[n+]1ccc(C2CC2)c2[nH]c(-c3ccc(Br)cc3F)nc21. The first-order valence-electron chi connectivity index (χ1n) is 6.72. The molecular weight excluding hydrogens is 337 g/mol. The molecule has 21 heavy (non-hydrogen) atoms. The van der Waals surface area contributed by atoms with E-state index in [4.69, 9.17) is 0 Å². The fraction of sp³-hybridized carbons (Fsp3) is 0.200. The maximum absolute atomic E-state index is 14.1. The third-order valence-electron chi connectivity index (χ3n) is 3.79. The zero-order chi connectivity index (χ0) is 14.6. The number of halogens is 2. The third-order valence-corrected chi connectivity index (χ3v) is 4.28. The van der Waals surface area contributed by atoms with E-state index in [1.807, 2.05) is 6.07 Å². The van der Waals surface area contributed by atoms with Crippen LogP contribution in [0.25, 0.3) is 22.6 Å². The van der Waals surface area contributed by atoms with Gasteiger partial charge in [-0.25, -0.2) is 4.39 Å². The summed E-state index contributed by atoms with van der Waals surface area (Å²) in [6, 6.07) is 6.72. The predicted molar refractivity (Wildman–Crippen MR) is 78.5 cm³/mol. The molecule has 1 fully saturated rings. The van der Waals surface area contributed by atoms with E-state index < -0.39 is 0 Å². The minimum Gasteiger partial charge on any atom is -0.350 e. The number of aromatic amines is 1. The van der Waals surface area contributed by atoms with Crippen LogP contribution < -0.4 is 4.73 Å². The molecule has 2 aromatic heterocycles. The van der Waals surface area contributed by atoms with Crippen molar-refractivity contribution in [2.75, 3.05) is 0 Å². The Bertz CT molecular complexity index is 857. The smallest absolute Gasteiger partial charge is 0.350 e. The molecule has 0 amide bonds. The fourth-order valence-corrected chi connectivity index (χ4v) is 2.91. The zero-order valence-corrected chi connectivity index (χ0v) is 12.6. The molecule has 3 aromatic rings. The van der Waals surface area contributed by atoms with Gasteiger partial charge in [-0.05, 0) is 58.3 Å². The molecule has 0 saturated heterocycles. The standard InChI is InChI=1S/C15H11BrFN3O/c16-9-3-4-11(12(17)7-9)14-18-13-10(8-1-2-8)5-6-20(21)15(13)19-14/h3-8,21H,1-2H2/p+1. The molecule has 4 nitrogen and oxygen atoms in total. The Hall–Kier alpha value is -1.95. The molecule has 2 heterocycles. The number of imidazole rings is 1. The van der Waals surface area contributed by atoms with Crippen LogP contribution in [0.1, 0.15) is 24.3 Å². The van der Waals surface area contributed by atoms with Crippen LogP contribution >= 0.6 is 15.9 Å². The van der Waals surface area contributed by atoms with Gasteiger partial charge in [-0.15, -0.1) is 0 Å². The van der Waals surface area contributed by atoms with Gasteiger partial charge < -0.3 is 10.2 Å². The van der Waals surface area contributed by atoms with E-state index in [2.05, 4.69) is 25.9 Å². The van der Waals surface area contributed by atoms with Crippen molar-refractivity contribution < 1.29 is 14.3 Å². The summed E-state index contributed by atoms with van der Waals surface area (Å²) < 4.78 is 15.7. The normalized spacial score (nSPS) is 14.8. The lowest BCUT2D eigenvalue weighted by Gasteiger charge is -1.97. The van der Waals surface area contributed by atoms with Crippen LogP contribution in [-0.4, -0.2) is 15.2 Å². The van der Waals surface area contributed by atoms with E-state index in [0.717, 1.165) is 28.7 Å². The molecule has 106 valence electrons. The van der Waals surface area contributed by atoms with E-state index in [-0.39, 0.29) is 5.82 Å². The first-order chi connectivity index (χ1) is 10.1. The van der Waals surface area contributed by atoms with Crippen molar-refractivity contribution >= 4 is 27.1 Å². The van der Waals surface area contributed by atoms with Crippen molar-refractivity contribution in [1.29, 1.82) is 0 Å². The summed E-state index contributed by atoms with van der Waals surface area (Å²) in [5.41, 5.74) is 2.72. The largest absolute Gasteiger partial charge is 0.387 e. The van der Waals surface area contributed by atoms with Crippen molar-refractivity contribution in [2.24, 2.45) is 0 Å². The Kier molecular flexibility index (Phi) is 2.75. The number of pyridine rings is 1. The number of fused-ring (bicyclic) bond motifs is 1. The number of H-pyrrole nitrogens is 1. The van der Waals surface area contributed by atoms with Crippen LogP contribution in [0.15, 0.2) is 34.9 Å². The van der Waals surface area contributed by atoms with Gasteiger partial charge in [-0.2, -0.15) is 0 Å². The van der Waals surface area contributed by atoms with Gasteiger partial charge in [0.1, 0.15) is 17.5 Å². The van der Waals surface area contributed by atoms with Crippen LogP contribution in [0, 0.1) is 5.82 Å². The summed E-state index contributed by atoms with van der Waals surface area (Å²) in [6.45, 7) is 0. The van der Waals surface area contributed by atoms with Gasteiger partial charge in [0, 0.05) is 4.47 Å². The second-order valence-corrected chi connectivity index (χ2v) is 6.21. The number of hydrogen-bond donors (Lipinski definition) is 2. The van der Waals surface area contributed by atoms with Crippen LogP contribution in [0.2, 0.25) is 0 Å². The molecule has 1 saturated carbocycles. The molecule has 1 aliphatic carbocycles. The van der Waals surface area contributed by atoms with Crippen LogP contribution in [-0.2, 0) is 0 Å². The van der Waals surface area contributed by atoms with Gasteiger partial charge in [0.2, 0.25) is 0 Å². The Labute approximate surface area is 128 Å². The average Bonchev–Trinajstić information content (AvgIpc) is 3.18. The number of nitrogens with one attached hydrogen (secondary N) is 1. The second kappa shape index (κ2) is 4.53. The van der Waals surface area contributed by atoms with E-state index >= 15 is 0 Å². The van der Waals surface area contributed by atoms with Crippen LogP contribution in [0.4, 0.5) is 4.39 Å². The molecule has 0 bridgehead atoms. The molecule has 1 aliphatic rings. The first-order valence-corrected chi connectivity index (χ1v) is 7.52. The van der Waals surface area contributed by atoms with E-state index in [9.17, 15) is 9.60 Å². The molecule has 0 atom stereocenters. The second-order valence-electron chi connectivity index (χ2n) is 5.30. The van der Waals surface area contributed by atoms with Crippen molar-refractivity contribution in [3.8, 4) is 11.4 Å². The highest BCUT2D eigenvalue weighted by Gasteiger charge is 2.30. The summed E-state index contributed by atoms with van der Waals surface area (Å²) in [5, 5.41) is 9.90. The molecule has 4 rings (SSSR count). The molecule has 1 aromatic carbocycles. The highest BCUT2D eigenvalue weighted by molar-refractivity contribution is 9.10. The van der Waals surface area contributed by atoms with E-state index in [1.165, 1.54) is 6.07 Å². The average molecular weight is 349 g/mol. The van der Waals surface area contributed by atoms with Gasteiger partial charge in [0.15, 0.2) is 0 Å². The number of hydrogen-bond acceptors (Lipinski definition) is 2. The lowest BCUT2D eigenvalue weighted by molar-refractivity contribution is -0.885. The van der Waals surface area contributed by atoms with Gasteiger partial charge in [-0.3, -0.25) is 0 Å². The number of benzene rings is 1. The molecule has 0 unspecified atom stereocenters. The Balaban J connectivity index is 1.94. The minimum atomic E-state index is -0.360. The Morgan fingerprint density at radius 3 is 2.86 bits per heavy atom. The molecule has 0 radical (unpaired) electrons. The van der Waals surface area contributed by atoms with Crippen molar-refractivity contribution in [3.63, 3.8) is 0 Å². The summed E-state index contributed by atoms with van der Waals surface area (Å²) >= 11 is 3.24. The molecule has 0 spiro atoms. The molecular formula is C15H12BrFN3O+. The topological polar surface area (TPSA) is 52.8 Å². The van der Waals surface area contributed by atoms with Crippen molar-refractivity contribution in [1.82, 2.24) is 9.97 Å². The summed E-state index contributed by atoms with van der Waals surface area (Å²) in [4.78, 5) is 7.50. The van der Waals surface area contributed by atoms with Gasteiger partial charge in [0.05, 0.1) is 5.56 Å². The monoisotopic (exact) mass is 348 g/mol. The highest BCUT2D eigenvalue weighted by Crippen LogP contribution is 2.42. The van der Waals surface area contributed by atoms with E-state index in [0.29, 0.717) is 27.4 Å². The number of rotatable bonds is 2. The van der Waals surface area contributed by atoms with Gasteiger partial charge >= 0.3 is 5.65 Å². The van der Waals surface area contributed by atoms with Crippen molar-refractivity contribution in [2.45, 2.75) is 18.8 Å². The van der Waals surface area contributed by atoms with Gasteiger partial charge in [0.25, 0.3) is 5.82 Å². The third kappa shape index (κ3) is 2.10. The summed E-state index contributed by atoms with van der Waals surface area (Å²) in [6.07, 6.45) is 3.87. The maximum atomic E-state index is 14.1. The molecule has 0 aliphatic heterocycles. The fourth-order valence-electron chi connectivity index (χ4n) is 2.58. The van der Waals surface area contributed by atoms with Crippen LogP contribution in [0.3, 0.4) is 0 Å². The molecule has 2 N–H and O–H groups in total. The quantitative estimate of drug-likeness (QED) is 0.549. The lowest BCUT2D eigenvalue weighted by atomic mass is 10.1. The molecule has 6 heteroatoms. The summed E-state index contributed by atoms with van der Waals surface area (Å²) in [5.74, 6) is 0.573. The lowest BCUT2D eigenvalue weighted by Crippen LogP contribution is -2.30. The predicted octanol–water partition coefficient (Wildman–Crippen LogP) is 3.53. The van der Waals surface area contributed by atoms with Crippen LogP contribution in [0.5, 0.6) is 0 Å².